The Morgan fingerprint density at radius 3 is 2.69 bits per heavy atom. The van der Waals surface area contributed by atoms with E-state index in [2.05, 4.69) is 10.1 Å². The van der Waals surface area contributed by atoms with Crippen LogP contribution >= 0.6 is 0 Å². The summed E-state index contributed by atoms with van der Waals surface area (Å²) in [5.74, 6) is 1.78. The first-order valence-corrected chi connectivity index (χ1v) is 5.23. The van der Waals surface area contributed by atoms with Gasteiger partial charge in [-0.1, -0.05) is 19.0 Å². The molecule has 5 nitrogen and oxygen atoms in total. The number of rotatable bonds is 3. The van der Waals surface area contributed by atoms with Gasteiger partial charge in [-0.3, -0.25) is 0 Å². The molecule has 0 fully saturated rings. The normalized spacial score (nSPS) is 13.3. The number of aryl methyl sites for hydroxylation is 1. The van der Waals surface area contributed by atoms with Crippen molar-refractivity contribution in [3.8, 4) is 11.6 Å². The van der Waals surface area contributed by atoms with Gasteiger partial charge in [-0.25, -0.2) is 0 Å². The average molecular weight is 221 g/mol. The largest absolute Gasteiger partial charge is 0.461 e. The van der Waals surface area contributed by atoms with E-state index in [1.165, 1.54) is 0 Å². The Morgan fingerprint density at radius 2 is 2.12 bits per heavy atom. The SMILES string of the molecule is Cc1ccoc1-c1noc([C@H](N)C(C)C)n1. The van der Waals surface area contributed by atoms with Crippen molar-refractivity contribution < 1.29 is 8.94 Å². The van der Waals surface area contributed by atoms with Crippen molar-refractivity contribution >= 4 is 0 Å². The number of aromatic nitrogens is 2. The van der Waals surface area contributed by atoms with Crippen LogP contribution in [0, 0.1) is 12.8 Å². The fourth-order valence-electron chi connectivity index (χ4n) is 1.35. The maximum absolute atomic E-state index is 5.92. The van der Waals surface area contributed by atoms with Gasteiger partial charge in [-0.05, 0) is 24.5 Å². The van der Waals surface area contributed by atoms with Crippen LogP contribution in [0.4, 0.5) is 0 Å². The summed E-state index contributed by atoms with van der Waals surface area (Å²) in [6.45, 7) is 5.94. The molecule has 0 aromatic carbocycles. The summed E-state index contributed by atoms with van der Waals surface area (Å²) in [5.41, 5.74) is 6.89. The second-order valence-corrected chi connectivity index (χ2v) is 4.16. The van der Waals surface area contributed by atoms with Gasteiger partial charge < -0.3 is 14.7 Å². The predicted molar refractivity (Wildman–Crippen MR) is 58.5 cm³/mol. The van der Waals surface area contributed by atoms with Crippen molar-refractivity contribution in [2.24, 2.45) is 11.7 Å². The standard InChI is InChI=1S/C11H15N3O2/c1-6(2)8(12)11-13-10(14-16-11)9-7(3)4-5-15-9/h4-6,8H,12H2,1-3H3/t8-/m1/s1. The number of furan rings is 1. The first kappa shape index (κ1) is 10.9. The highest BCUT2D eigenvalue weighted by Crippen LogP contribution is 2.24. The lowest BCUT2D eigenvalue weighted by Crippen LogP contribution is -2.16. The summed E-state index contributed by atoms with van der Waals surface area (Å²) >= 11 is 0. The van der Waals surface area contributed by atoms with Gasteiger partial charge in [0.1, 0.15) is 0 Å². The molecule has 1 atom stereocenters. The molecule has 5 heteroatoms. The highest BCUT2D eigenvalue weighted by molar-refractivity contribution is 5.51. The van der Waals surface area contributed by atoms with Crippen LogP contribution in [0.1, 0.15) is 31.3 Å². The monoisotopic (exact) mass is 221 g/mol. The topological polar surface area (TPSA) is 78.1 Å². The van der Waals surface area contributed by atoms with E-state index >= 15 is 0 Å². The van der Waals surface area contributed by atoms with Crippen LogP contribution in [-0.4, -0.2) is 10.1 Å². The zero-order valence-corrected chi connectivity index (χ0v) is 9.60. The first-order chi connectivity index (χ1) is 7.59. The number of hydrogen-bond donors (Lipinski definition) is 1. The number of hydrogen-bond acceptors (Lipinski definition) is 5. The van der Waals surface area contributed by atoms with Crippen LogP contribution in [-0.2, 0) is 0 Å². The third-order valence-electron chi connectivity index (χ3n) is 2.51. The average Bonchev–Trinajstić information content (AvgIpc) is 2.84. The van der Waals surface area contributed by atoms with Crippen LogP contribution in [0.5, 0.6) is 0 Å². The Bertz CT molecular complexity index is 473. The van der Waals surface area contributed by atoms with Gasteiger partial charge in [0, 0.05) is 0 Å². The Kier molecular flexibility index (Phi) is 2.78. The molecule has 0 spiro atoms. The molecular formula is C11H15N3O2. The lowest BCUT2D eigenvalue weighted by molar-refractivity contribution is 0.324. The van der Waals surface area contributed by atoms with Gasteiger partial charge in [-0.2, -0.15) is 4.98 Å². The third kappa shape index (κ3) is 1.86. The lowest BCUT2D eigenvalue weighted by atomic mass is 10.1. The molecule has 2 heterocycles. The fourth-order valence-corrected chi connectivity index (χ4v) is 1.35. The molecule has 2 aromatic rings. The quantitative estimate of drug-likeness (QED) is 0.860. The van der Waals surface area contributed by atoms with Crippen molar-refractivity contribution in [1.29, 1.82) is 0 Å². The summed E-state index contributed by atoms with van der Waals surface area (Å²) < 4.78 is 10.4. The van der Waals surface area contributed by atoms with Crippen LogP contribution in [0.25, 0.3) is 11.6 Å². The smallest absolute Gasteiger partial charge is 0.244 e. The lowest BCUT2D eigenvalue weighted by Gasteiger charge is -2.08. The van der Waals surface area contributed by atoms with Crippen LogP contribution in [0.2, 0.25) is 0 Å². The van der Waals surface area contributed by atoms with Gasteiger partial charge in [0.15, 0.2) is 5.76 Å². The number of nitrogens with two attached hydrogens (primary N) is 1. The van der Waals surface area contributed by atoms with E-state index in [4.69, 9.17) is 14.7 Å². The summed E-state index contributed by atoms with van der Waals surface area (Å²) in [4.78, 5) is 4.24. The van der Waals surface area contributed by atoms with Gasteiger partial charge in [-0.15, -0.1) is 0 Å². The Balaban J connectivity index is 2.30. The molecule has 0 saturated carbocycles. The molecule has 0 aliphatic heterocycles. The molecule has 0 aliphatic rings. The molecule has 0 unspecified atom stereocenters. The molecular weight excluding hydrogens is 206 g/mol. The Morgan fingerprint density at radius 1 is 1.38 bits per heavy atom. The highest BCUT2D eigenvalue weighted by Gasteiger charge is 2.20. The maximum atomic E-state index is 5.92. The highest BCUT2D eigenvalue weighted by atomic mass is 16.5. The van der Waals surface area contributed by atoms with Crippen molar-refractivity contribution in [2.75, 3.05) is 0 Å². The van der Waals surface area contributed by atoms with Crippen LogP contribution in [0.3, 0.4) is 0 Å². The van der Waals surface area contributed by atoms with Gasteiger partial charge in [0.05, 0.1) is 12.3 Å². The van der Waals surface area contributed by atoms with Gasteiger partial charge >= 0.3 is 0 Å². The molecule has 86 valence electrons. The zero-order valence-electron chi connectivity index (χ0n) is 9.60. The molecule has 0 bridgehead atoms. The molecule has 2 aromatic heterocycles. The first-order valence-electron chi connectivity index (χ1n) is 5.23. The summed E-state index contributed by atoms with van der Waals surface area (Å²) in [7, 11) is 0. The van der Waals surface area contributed by atoms with Crippen molar-refractivity contribution in [3.63, 3.8) is 0 Å². The van der Waals surface area contributed by atoms with E-state index in [0.717, 1.165) is 5.56 Å². The Labute approximate surface area is 93.6 Å². The van der Waals surface area contributed by atoms with Crippen molar-refractivity contribution in [2.45, 2.75) is 26.8 Å². The molecule has 0 amide bonds. The Hall–Kier alpha value is -1.62. The molecule has 0 aliphatic carbocycles. The minimum absolute atomic E-state index is 0.239. The van der Waals surface area contributed by atoms with E-state index in [0.29, 0.717) is 17.5 Å². The maximum Gasteiger partial charge on any atom is 0.244 e. The minimum Gasteiger partial charge on any atom is -0.461 e. The predicted octanol–water partition coefficient (Wildman–Crippen LogP) is 2.29. The van der Waals surface area contributed by atoms with E-state index < -0.39 is 0 Å². The van der Waals surface area contributed by atoms with Gasteiger partial charge in [0.25, 0.3) is 0 Å². The molecule has 0 radical (unpaired) electrons. The molecule has 2 rings (SSSR count). The second kappa shape index (κ2) is 4.09. The van der Waals surface area contributed by atoms with Gasteiger partial charge in [0.2, 0.25) is 11.7 Å². The van der Waals surface area contributed by atoms with Crippen molar-refractivity contribution in [1.82, 2.24) is 10.1 Å². The molecule has 0 saturated heterocycles. The van der Waals surface area contributed by atoms with E-state index in [1.54, 1.807) is 6.26 Å². The summed E-state index contributed by atoms with van der Waals surface area (Å²) in [6.07, 6.45) is 1.60. The van der Waals surface area contributed by atoms with E-state index in [9.17, 15) is 0 Å². The summed E-state index contributed by atoms with van der Waals surface area (Å²) in [5, 5.41) is 3.86. The molecule has 2 N–H and O–H groups in total. The minimum atomic E-state index is -0.239. The number of nitrogens with zero attached hydrogens (tertiary/aromatic N) is 2. The fraction of sp³-hybridized carbons (Fsp3) is 0.455. The van der Waals surface area contributed by atoms with Crippen LogP contribution in [0.15, 0.2) is 21.3 Å². The summed E-state index contributed by atoms with van der Waals surface area (Å²) in [6, 6.07) is 1.62. The second-order valence-electron chi connectivity index (χ2n) is 4.16. The van der Waals surface area contributed by atoms with E-state index in [1.807, 2.05) is 26.8 Å². The third-order valence-corrected chi connectivity index (χ3v) is 2.51. The van der Waals surface area contributed by atoms with Crippen LogP contribution < -0.4 is 5.73 Å². The van der Waals surface area contributed by atoms with E-state index in [-0.39, 0.29) is 12.0 Å². The zero-order chi connectivity index (χ0) is 11.7. The molecule has 16 heavy (non-hydrogen) atoms. The van der Waals surface area contributed by atoms with Crippen molar-refractivity contribution in [3.05, 3.63) is 23.8 Å².